The lowest BCUT2D eigenvalue weighted by atomic mass is 10.3. The third-order valence-corrected chi connectivity index (χ3v) is 3.92. The highest BCUT2D eigenvalue weighted by molar-refractivity contribution is 5.92. The highest BCUT2D eigenvalue weighted by Crippen LogP contribution is 2.29. The molecule has 6 nitrogen and oxygen atoms in total. The summed E-state index contributed by atoms with van der Waals surface area (Å²) in [6.45, 7) is 4.45. The normalized spacial score (nSPS) is 23.8. The van der Waals surface area contributed by atoms with Crippen LogP contribution in [0.4, 0.5) is 5.82 Å². The summed E-state index contributed by atoms with van der Waals surface area (Å²) in [5.41, 5.74) is 0. The first-order valence-corrected chi connectivity index (χ1v) is 7.40. The van der Waals surface area contributed by atoms with E-state index in [1.165, 1.54) is 12.8 Å². The summed E-state index contributed by atoms with van der Waals surface area (Å²) < 4.78 is 7.47. The van der Waals surface area contributed by atoms with Gasteiger partial charge >= 0.3 is 0 Å². The van der Waals surface area contributed by atoms with E-state index in [2.05, 4.69) is 15.7 Å². The SMILES string of the molecule is CC(OCC1CC1)C(=O)Nc1ccn(C2CCNC2)n1. The predicted molar refractivity (Wildman–Crippen MR) is 75.5 cm³/mol. The molecule has 2 atom stereocenters. The van der Waals surface area contributed by atoms with Gasteiger partial charge in [-0.3, -0.25) is 9.48 Å². The molecule has 110 valence electrons. The molecule has 1 aliphatic carbocycles. The topological polar surface area (TPSA) is 68.2 Å². The zero-order valence-corrected chi connectivity index (χ0v) is 11.8. The Labute approximate surface area is 118 Å². The fourth-order valence-corrected chi connectivity index (χ4v) is 2.34. The van der Waals surface area contributed by atoms with Crippen LogP contribution in [-0.4, -0.2) is 41.5 Å². The average molecular weight is 278 g/mol. The van der Waals surface area contributed by atoms with Crippen LogP contribution in [0.5, 0.6) is 0 Å². The Balaban J connectivity index is 1.49. The van der Waals surface area contributed by atoms with E-state index in [0.717, 1.165) is 19.5 Å². The second-order valence-corrected chi connectivity index (χ2v) is 5.74. The molecule has 2 unspecified atom stereocenters. The first-order chi connectivity index (χ1) is 9.72. The summed E-state index contributed by atoms with van der Waals surface area (Å²) in [5, 5.41) is 10.5. The highest BCUT2D eigenvalue weighted by atomic mass is 16.5. The maximum atomic E-state index is 12.0. The van der Waals surface area contributed by atoms with E-state index in [1.807, 2.05) is 16.9 Å². The molecule has 2 heterocycles. The molecule has 2 fully saturated rings. The number of nitrogens with zero attached hydrogens (tertiary/aromatic N) is 2. The Morgan fingerprint density at radius 2 is 2.45 bits per heavy atom. The van der Waals surface area contributed by atoms with Crippen molar-refractivity contribution in [2.24, 2.45) is 5.92 Å². The number of carbonyl (C=O) groups is 1. The molecule has 1 aromatic heterocycles. The van der Waals surface area contributed by atoms with Crippen molar-refractivity contribution in [2.45, 2.75) is 38.3 Å². The van der Waals surface area contributed by atoms with Crippen LogP contribution >= 0.6 is 0 Å². The second kappa shape index (κ2) is 5.93. The van der Waals surface area contributed by atoms with Crippen molar-refractivity contribution >= 4 is 11.7 Å². The summed E-state index contributed by atoms with van der Waals surface area (Å²) in [6.07, 6.45) is 5.04. The van der Waals surface area contributed by atoms with E-state index in [9.17, 15) is 4.79 Å². The van der Waals surface area contributed by atoms with Gasteiger partial charge in [0.25, 0.3) is 5.91 Å². The number of hydrogen-bond acceptors (Lipinski definition) is 4. The fraction of sp³-hybridized carbons (Fsp3) is 0.714. The maximum absolute atomic E-state index is 12.0. The third kappa shape index (κ3) is 3.37. The number of amides is 1. The average Bonchev–Trinajstić information content (AvgIpc) is 2.92. The van der Waals surface area contributed by atoms with Gasteiger partial charge in [0.05, 0.1) is 12.6 Å². The predicted octanol–water partition coefficient (Wildman–Crippen LogP) is 1.17. The molecule has 1 saturated heterocycles. The molecule has 1 aliphatic heterocycles. The fourth-order valence-electron chi connectivity index (χ4n) is 2.34. The lowest BCUT2D eigenvalue weighted by Gasteiger charge is -2.12. The summed E-state index contributed by atoms with van der Waals surface area (Å²) >= 11 is 0. The molecule has 1 amide bonds. The second-order valence-electron chi connectivity index (χ2n) is 5.74. The number of ether oxygens (including phenoxy) is 1. The molecule has 6 heteroatoms. The highest BCUT2D eigenvalue weighted by Gasteiger charge is 2.24. The van der Waals surface area contributed by atoms with E-state index in [4.69, 9.17) is 4.74 Å². The van der Waals surface area contributed by atoms with E-state index in [0.29, 0.717) is 24.4 Å². The van der Waals surface area contributed by atoms with Crippen molar-refractivity contribution in [1.29, 1.82) is 0 Å². The van der Waals surface area contributed by atoms with Gasteiger partial charge < -0.3 is 15.4 Å². The van der Waals surface area contributed by atoms with Crippen LogP contribution in [0.1, 0.15) is 32.2 Å². The largest absolute Gasteiger partial charge is 0.368 e. The monoisotopic (exact) mass is 278 g/mol. The van der Waals surface area contributed by atoms with E-state index in [-0.39, 0.29) is 5.91 Å². The first kappa shape index (κ1) is 13.6. The molecule has 0 spiro atoms. The molecule has 1 aromatic rings. The van der Waals surface area contributed by atoms with Gasteiger partial charge in [-0.15, -0.1) is 0 Å². The summed E-state index contributed by atoms with van der Waals surface area (Å²) in [4.78, 5) is 12.0. The summed E-state index contributed by atoms with van der Waals surface area (Å²) in [7, 11) is 0. The van der Waals surface area contributed by atoms with Gasteiger partial charge in [0.15, 0.2) is 5.82 Å². The lowest BCUT2D eigenvalue weighted by Crippen LogP contribution is -2.28. The van der Waals surface area contributed by atoms with Crippen LogP contribution in [0.3, 0.4) is 0 Å². The maximum Gasteiger partial charge on any atom is 0.254 e. The smallest absolute Gasteiger partial charge is 0.254 e. The Morgan fingerprint density at radius 1 is 1.60 bits per heavy atom. The van der Waals surface area contributed by atoms with Gasteiger partial charge in [-0.25, -0.2) is 0 Å². The van der Waals surface area contributed by atoms with Gasteiger partial charge in [0, 0.05) is 18.8 Å². The van der Waals surface area contributed by atoms with Gasteiger partial charge in [0.1, 0.15) is 6.10 Å². The Bertz CT molecular complexity index is 463. The Hall–Kier alpha value is -1.40. The molecule has 0 bridgehead atoms. The number of nitrogens with one attached hydrogen (secondary N) is 2. The Morgan fingerprint density at radius 3 is 3.15 bits per heavy atom. The number of rotatable bonds is 6. The molecule has 0 aromatic carbocycles. The number of hydrogen-bond donors (Lipinski definition) is 2. The lowest BCUT2D eigenvalue weighted by molar-refractivity contribution is -0.126. The van der Waals surface area contributed by atoms with Crippen LogP contribution in [0.15, 0.2) is 12.3 Å². The summed E-state index contributed by atoms with van der Waals surface area (Å²) in [5.74, 6) is 1.14. The minimum absolute atomic E-state index is 0.125. The molecule has 0 radical (unpaired) electrons. The van der Waals surface area contributed by atoms with Gasteiger partial charge in [-0.1, -0.05) is 0 Å². The molecular weight excluding hydrogens is 256 g/mol. The summed E-state index contributed by atoms with van der Waals surface area (Å²) in [6, 6.07) is 2.23. The molecule has 1 saturated carbocycles. The molecule has 3 rings (SSSR count). The quantitative estimate of drug-likeness (QED) is 0.819. The van der Waals surface area contributed by atoms with Gasteiger partial charge in [0.2, 0.25) is 0 Å². The van der Waals surface area contributed by atoms with Crippen LogP contribution in [0, 0.1) is 5.92 Å². The standard InChI is InChI=1S/C14H22N4O2/c1-10(20-9-11-2-3-11)14(19)16-13-5-7-18(17-13)12-4-6-15-8-12/h5,7,10-12,15H,2-4,6,8-9H2,1H3,(H,16,17,19). The van der Waals surface area contributed by atoms with E-state index < -0.39 is 6.10 Å². The number of carbonyl (C=O) groups excluding carboxylic acids is 1. The zero-order chi connectivity index (χ0) is 13.9. The van der Waals surface area contributed by atoms with Crippen molar-refractivity contribution < 1.29 is 9.53 Å². The number of anilines is 1. The van der Waals surface area contributed by atoms with Gasteiger partial charge in [-0.2, -0.15) is 5.10 Å². The minimum Gasteiger partial charge on any atom is -0.368 e. The first-order valence-electron chi connectivity index (χ1n) is 7.40. The van der Waals surface area contributed by atoms with Gasteiger partial charge in [-0.05, 0) is 38.6 Å². The van der Waals surface area contributed by atoms with Crippen LogP contribution in [-0.2, 0) is 9.53 Å². The van der Waals surface area contributed by atoms with Crippen LogP contribution < -0.4 is 10.6 Å². The van der Waals surface area contributed by atoms with Crippen molar-refractivity contribution in [1.82, 2.24) is 15.1 Å². The Kier molecular flexibility index (Phi) is 4.03. The van der Waals surface area contributed by atoms with E-state index in [1.54, 1.807) is 6.92 Å². The van der Waals surface area contributed by atoms with Crippen molar-refractivity contribution in [3.63, 3.8) is 0 Å². The van der Waals surface area contributed by atoms with Crippen LogP contribution in [0.2, 0.25) is 0 Å². The molecule has 2 N–H and O–H groups in total. The van der Waals surface area contributed by atoms with Crippen molar-refractivity contribution in [3.8, 4) is 0 Å². The molecule has 2 aliphatic rings. The van der Waals surface area contributed by atoms with Crippen molar-refractivity contribution in [2.75, 3.05) is 25.0 Å². The minimum atomic E-state index is -0.422. The van der Waals surface area contributed by atoms with E-state index >= 15 is 0 Å². The van der Waals surface area contributed by atoms with Crippen molar-refractivity contribution in [3.05, 3.63) is 12.3 Å². The van der Waals surface area contributed by atoms with Crippen LogP contribution in [0.25, 0.3) is 0 Å². The molecule has 20 heavy (non-hydrogen) atoms. The third-order valence-electron chi connectivity index (χ3n) is 3.92. The zero-order valence-electron chi connectivity index (χ0n) is 11.8. The number of aromatic nitrogens is 2. The molecular formula is C14H22N4O2.